The molecule has 0 saturated carbocycles. The fourth-order valence-electron chi connectivity index (χ4n) is 1.49. The number of halogens is 2. The first-order valence-electron chi connectivity index (χ1n) is 4.69. The Hall–Kier alpha value is -0.650. The Balaban J connectivity index is 2.40. The number of aryl methyl sites for hydroxylation is 1. The molecule has 0 bridgehead atoms. The Bertz CT molecular complexity index is 510. The van der Waals surface area contributed by atoms with Crippen molar-refractivity contribution in [3.05, 3.63) is 50.7 Å². The Labute approximate surface area is 110 Å². The molecule has 5 heteroatoms. The third-order valence-corrected chi connectivity index (χ3v) is 3.51. The van der Waals surface area contributed by atoms with Crippen molar-refractivity contribution in [2.75, 3.05) is 0 Å². The van der Waals surface area contributed by atoms with Crippen LogP contribution in [0, 0.1) is 0 Å². The second kappa shape index (κ2) is 4.69. The van der Waals surface area contributed by atoms with Gasteiger partial charge in [-0.25, -0.2) is 0 Å². The van der Waals surface area contributed by atoms with Crippen LogP contribution in [0.2, 0.25) is 0 Å². The van der Waals surface area contributed by atoms with E-state index < -0.39 is 6.10 Å². The van der Waals surface area contributed by atoms with E-state index in [4.69, 9.17) is 0 Å². The van der Waals surface area contributed by atoms with Gasteiger partial charge >= 0.3 is 0 Å². The van der Waals surface area contributed by atoms with E-state index in [0.717, 1.165) is 20.1 Å². The summed E-state index contributed by atoms with van der Waals surface area (Å²) in [6.45, 7) is 0. The lowest BCUT2D eigenvalue weighted by Gasteiger charge is -2.11. The van der Waals surface area contributed by atoms with Gasteiger partial charge in [-0.05, 0) is 18.2 Å². The molecule has 0 radical (unpaired) electrons. The molecule has 0 saturated heterocycles. The summed E-state index contributed by atoms with van der Waals surface area (Å²) in [5.41, 5.74) is 1.60. The molecule has 16 heavy (non-hydrogen) atoms. The molecule has 0 fully saturated rings. The highest BCUT2D eigenvalue weighted by Gasteiger charge is 2.15. The van der Waals surface area contributed by atoms with Crippen LogP contribution in [0.3, 0.4) is 0 Å². The molecule has 84 valence electrons. The minimum atomic E-state index is -0.666. The number of hydrogen-bond donors (Lipinski definition) is 1. The van der Waals surface area contributed by atoms with Crippen LogP contribution >= 0.6 is 31.9 Å². The monoisotopic (exact) mass is 344 g/mol. The fraction of sp³-hybridized carbons (Fsp3) is 0.182. The third kappa shape index (κ3) is 2.36. The fourth-order valence-corrected chi connectivity index (χ4v) is 2.33. The van der Waals surface area contributed by atoms with Gasteiger partial charge in [0, 0.05) is 33.3 Å². The molecular formula is C11H10Br2N2O. The van der Waals surface area contributed by atoms with Crippen LogP contribution in [0.1, 0.15) is 17.2 Å². The number of nitrogens with zero attached hydrogens (tertiary/aromatic N) is 2. The molecule has 0 spiro atoms. The summed E-state index contributed by atoms with van der Waals surface area (Å²) in [5.74, 6) is 0. The molecule has 1 aromatic carbocycles. The maximum Gasteiger partial charge on any atom is 0.108 e. The van der Waals surface area contributed by atoms with E-state index in [1.54, 1.807) is 17.1 Å². The van der Waals surface area contributed by atoms with Gasteiger partial charge in [-0.15, -0.1) is 0 Å². The van der Waals surface area contributed by atoms with Crippen molar-refractivity contribution in [2.24, 2.45) is 7.05 Å². The van der Waals surface area contributed by atoms with E-state index in [-0.39, 0.29) is 0 Å². The maximum absolute atomic E-state index is 10.2. The molecular weight excluding hydrogens is 336 g/mol. The molecule has 1 aromatic heterocycles. The van der Waals surface area contributed by atoms with Crippen molar-refractivity contribution in [1.82, 2.24) is 9.78 Å². The number of rotatable bonds is 2. The topological polar surface area (TPSA) is 38.0 Å². The zero-order valence-electron chi connectivity index (χ0n) is 8.56. The normalized spacial score (nSPS) is 12.8. The molecule has 3 nitrogen and oxygen atoms in total. The first-order chi connectivity index (χ1) is 7.58. The van der Waals surface area contributed by atoms with Gasteiger partial charge in [-0.3, -0.25) is 4.68 Å². The molecule has 0 aliphatic heterocycles. The summed E-state index contributed by atoms with van der Waals surface area (Å²) in [6, 6.07) is 5.71. The second-order valence-corrected chi connectivity index (χ2v) is 5.29. The van der Waals surface area contributed by atoms with Crippen molar-refractivity contribution in [2.45, 2.75) is 6.10 Å². The SMILES string of the molecule is Cn1cc(C(O)c2cc(Br)ccc2Br)cn1. The molecule has 1 unspecified atom stereocenters. The molecule has 2 aromatic rings. The van der Waals surface area contributed by atoms with Crippen LogP contribution in [-0.4, -0.2) is 14.9 Å². The molecule has 1 atom stereocenters. The molecule has 2 rings (SSSR count). The number of aliphatic hydroxyl groups is 1. The van der Waals surface area contributed by atoms with Gasteiger partial charge in [0.25, 0.3) is 0 Å². The summed E-state index contributed by atoms with van der Waals surface area (Å²) < 4.78 is 3.49. The molecule has 0 amide bonds. The van der Waals surface area contributed by atoms with Crippen LogP contribution in [-0.2, 0) is 7.05 Å². The number of aliphatic hydroxyl groups excluding tert-OH is 1. The highest BCUT2D eigenvalue weighted by atomic mass is 79.9. The highest BCUT2D eigenvalue weighted by Crippen LogP contribution is 2.30. The average molecular weight is 346 g/mol. The van der Waals surface area contributed by atoms with E-state index in [9.17, 15) is 5.11 Å². The van der Waals surface area contributed by atoms with E-state index in [0.29, 0.717) is 0 Å². The van der Waals surface area contributed by atoms with Crippen LogP contribution in [0.5, 0.6) is 0 Å². The summed E-state index contributed by atoms with van der Waals surface area (Å²) in [7, 11) is 1.83. The van der Waals surface area contributed by atoms with E-state index in [2.05, 4.69) is 37.0 Å². The van der Waals surface area contributed by atoms with Gasteiger partial charge in [0.15, 0.2) is 0 Å². The molecule has 0 aliphatic carbocycles. The zero-order chi connectivity index (χ0) is 11.7. The van der Waals surface area contributed by atoms with Crippen LogP contribution in [0.4, 0.5) is 0 Å². The van der Waals surface area contributed by atoms with Gasteiger partial charge in [0.05, 0.1) is 6.20 Å². The maximum atomic E-state index is 10.2. The van der Waals surface area contributed by atoms with Gasteiger partial charge in [-0.1, -0.05) is 31.9 Å². The summed E-state index contributed by atoms with van der Waals surface area (Å²) in [4.78, 5) is 0. The average Bonchev–Trinajstić information content (AvgIpc) is 2.67. The van der Waals surface area contributed by atoms with Gasteiger partial charge in [-0.2, -0.15) is 5.10 Å². The van der Waals surface area contributed by atoms with Gasteiger partial charge < -0.3 is 5.11 Å². The molecule has 1 N–H and O–H groups in total. The second-order valence-electron chi connectivity index (χ2n) is 3.52. The summed E-state index contributed by atoms with van der Waals surface area (Å²) in [5, 5.41) is 14.3. The smallest absolute Gasteiger partial charge is 0.108 e. The lowest BCUT2D eigenvalue weighted by atomic mass is 10.1. The number of benzene rings is 1. The summed E-state index contributed by atoms with van der Waals surface area (Å²) >= 11 is 6.82. The van der Waals surface area contributed by atoms with Gasteiger partial charge in [0.2, 0.25) is 0 Å². The van der Waals surface area contributed by atoms with E-state index in [1.807, 2.05) is 25.2 Å². The quantitative estimate of drug-likeness (QED) is 0.908. The van der Waals surface area contributed by atoms with Crippen molar-refractivity contribution in [3.63, 3.8) is 0 Å². The van der Waals surface area contributed by atoms with E-state index in [1.165, 1.54) is 0 Å². The molecule has 1 heterocycles. The Morgan fingerprint density at radius 1 is 1.38 bits per heavy atom. The molecule has 0 aliphatic rings. The van der Waals surface area contributed by atoms with Crippen LogP contribution in [0.15, 0.2) is 39.5 Å². The van der Waals surface area contributed by atoms with Crippen LogP contribution in [0.25, 0.3) is 0 Å². The van der Waals surface area contributed by atoms with Gasteiger partial charge in [0.1, 0.15) is 6.10 Å². The van der Waals surface area contributed by atoms with Crippen molar-refractivity contribution in [3.8, 4) is 0 Å². The van der Waals surface area contributed by atoms with Crippen molar-refractivity contribution in [1.29, 1.82) is 0 Å². The minimum absolute atomic E-state index is 0.666. The Morgan fingerprint density at radius 3 is 2.75 bits per heavy atom. The number of hydrogen-bond acceptors (Lipinski definition) is 2. The van der Waals surface area contributed by atoms with E-state index >= 15 is 0 Å². The predicted octanol–water partition coefficient (Wildman–Crippen LogP) is 3.03. The highest BCUT2D eigenvalue weighted by molar-refractivity contribution is 9.11. The third-order valence-electron chi connectivity index (χ3n) is 2.29. The van der Waals surface area contributed by atoms with Crippen molar-refractivity contribution >= 4 is 31.9 Å². The first kappa shape index (κ1) is 11.8. The Morgan fingerprint density at radius 2 is 2.12 bits per heavy atom. The first-order valence-corrected chi connectivity index (χ1v) is 6.28. The standard InChI is InChI=1S/C11H10Br2N2O/c1-15-6-7(5-14-15)11(16)9-4-8(12)2-3-10(9)13/h2-6,11,16H,1H3. The lowest BCUT2D eigenvalue weighted by molar-refractivity contribution is 0.219. The minimum Gasteiger partial charge on any atom is -0.383 e. The predicted molar refractivity (Wildman–Crippen MR) is 69.1 cm³/mol. The number of aromatic nitrogens is 2. The summed E-state index contributed by atoms with van der Waals surface area (Å²) in [6.07, 6.45) is 2.80. The largest absolute Gasteiger partial charge is 0.383 e. The lowest BCUT2D eigenvalue weighted by Crippen LogP contribution is -1.99. The van der Waals surface area contributed by atoms with Crippen LogP contribution < -0.4 is 0 Å². The zero-order valence-corrected chi connectivity index (χ0v) is 11.7. The Kier molecular flexibility index (Phi) is 3.47. The van der Waals surface area contributed by atoms with Crippen molar-refractivity contribution < 1.29 is 5.11 Å².